The van der Waals surface area contributed by atoms with E-state index in [1.165, 1.54) is 30.3 Å². The third-order valence-corrected chi connectivity index (χ3v) is 4.54. The van der Waals surface area contributed by atoms with E-state index in [0.717, 1.165) is 12.1 Å². The van der Waals surface area contributed by atoms with E-state index in [1.54, 1.807) is 30.3 Å². The zero-order valence-corrected chi connectivity index (χ0v) is 14.9. The van der Waals surface area contributed by atoms with Gasteiger partial charge in [0.1, 0.15) is 11.4 Å². The van der Waals surface area contributed by atoms with Crippen LogP contribution in [0.5, 0.6) is 0 Å². The van der Waals surface area contributed by atoms with Crippen LogP contribution in [-0.4, -0.2) is 11.7 Å². The van der Waals surface area contributed by atoms with Gasteiger partial charge in [-0.25, -0.2) is 4.39 Å². The van der Waals surface area contributed by atoms with E-state index in [9.17, 15) is 22.7 Å². The van der Waals surface area contributed by atoms with E-state index in [1.807, 2.05) is 6.07 Å². The highest BCUT2D eigenvalue weighted by molar-refractivity contribution is 5.36. The Balaban J connectivity index is 1.81. The summed E-state index contributed by atoms with van der Waals surface area (Å²) in [5.74, 6) is -0.420. The summed E-state index contributed by atoms with van der Waals surface area (Å²) in [6.45, 7) is 0.180. The molecule has 0 aliphatic carbocycles. The molecule has 3 rings (SSSR count). The van der Waals surface area contributed by atoms with E-state index in [4.69, 9.17) is 0 Å². The highest BCUT2D eigenvalue weighted by Crippen LogP contribution is 2.31. The highest BCUT2D eigenvalue weighted by atomic mass is 19.4. The Bertz CT molecular complexity index is 910. The quantitative estimate of drug-likeness (QED) is 0.590. The number of halogens is 4. The number of nitrogens with one attached hydrogen (secondary N) is 1. The molecule has 0 aromatic heterocycles. The lowest BCUT2D eigenvalue weighted by molar-refractivity contribution is -0.137. The molecule has 0 saturated heterocycles. The van der Waals surface area contributed by atoms with Crippen molar-refractivity contribution in [1.82, 2.24) is 5.32 Å². The summed E-state index contributed by atoms with van der Waals surface area (Å²) >= 11 is 0. The molecule has 1 atom stereocenters. The molecule has 0 aliphatic rings. The van der Waals surface area contributed by atoms with Crippen molar-refractivity contribution >= 4 is 0 Å². The third-order valence-electron chi connectivity index (χ3n) is 4.54. The fourth-order valence-corrected chi connectivity index (χ4v) is 3.06. The fraction of sp³-hybridized carbons (Fsp3) is 0.182. The van der Waals surface area contributed by atoms with Gasteiger partial charge in [-0.15, -0.1) is 0 Å². The summed E-state index contributed by atoms with van der Waals surface area (Å²) in [5.41, 5.74) is -0.654. The van der Waals surface area contributed by atoms with E-state index >= 15 is 0 Å². The minimum absolute atomic E-state index is 0.0406. The molecule has 0 radical (unpaired) electrons. The smallest absolute Gasteiger partial charge is 0.379 e. The Morgan fingerprint density at radius 2 is 1.36 bits per heavy atom. The van der Waals surface area contributed by atoms with E-state index in [-0.39, 0.29) is 13.1 Å². The molecule has 3 aromatic rings. The number of hydrogen-bond donors (Lipinski definition) is 2. The van der Waals surface area contributed by atoms with Gasteiger partial charge in [0.2, 0.25) is 0 Å². The first-order valence-corrected chi connectivity index (χ1v) is 8.70. The van der Waals surface area contributed by atoms with Crippen molar-refractivity contribution in [3.63, 3.8) is 0 Å². The molecule has 28 heavy (non-hydrogen) atoms. The third kappa shape index (κ3) is 4.58. The van der Waals surface area contributed by atoms with Crippen LogP contribution in [0, 0.1) is 5.82 Å². The molecule has 6 heteroatoms. The van der Waals surface area contributed by atoms with Gasteiger partial charge in [-0.2, -0.15) is 13.2 Å². The second kappa shape index (κ2) is 8.12. The summed E-state index contributed by atoms with van der Waals surface area (Å²) in [4.78, 5) is 0. The van der Waals surface area contributed by atoms with E-state index in [2.05, 4.69) is 5.32 Å². The molecule has 0 saturated carbocycles. The Hall–Kier alpha value is -2.70. The summed E-state index contributed by atoms with van der Waals surface area (Å²) in [6, 6.07) is 19.4. The molecule has 3 aromatic carbocycles. The molecule has 2 nitrogen and oxygen atoms in total. The van der Waals surface area contributed by atoms with Gasteiger partial charge in [-0.1, -0.05) is 60.7 Å². The zero-order chi connectivity index (χ0) is 20.2. The number of aliphatic hydroxyl groups is 1. The van der Waals surface area contributed by atoms with Crippen molar-refractivity contribution in [3.05, 3.63) is 107 Å². The van der Waals surface area contributed by atoms with Crippen molar-refractivity contribution in [2.75, 3.05) is 6.54 Å². The second-order valence-electron chi connectivity index (χ2n) is 6.53. The lowest BCUT2D eigenvalue weighted by Gasteiger charge is -2.30. The topological polar surface area (TPSA) is 32.3 Å². The average Bonchev–Trinajstić information content (AvgIpc) is 2.68. The second-order valence-corrected chi connectivity index (χ2v) is 6.53. The lowest BCUT2D eigenvalue weighted by Crippen LogP contribution is -2.39. The van der Waals surface area contributed by atoms with Gasteiger partial charge >= 0.3 is 6.18 Å². The Labute approximate surface area is 160 Å². The summed E-state index contributed by atoms with van der Waals surface area (Å²) in [6.07, 6.45) is -4.41. The van der Waals surface area contributed by atoms with Crippen molar-refractivity contribution in [3.8, 4) is 0 Å². The standard InChI is InChI=1S/C22H19F4NO/c23-20-11-9-18(10-12-20)21(28,17-6-2-1-3-7-17)15-27-14-16-5-4-8-19(13-16)22(24,25)26/h1-13,27-28H,14-15H2. The molecule has 2 N–H and O–H groups in total. The van der Waals surface area contributed by atoms with Crippen LogP contribution in [0.15, 0.2) is 78.9 Å². The molecule has 0 heterocycles. The molecule has 0 aliphatic heterocycles. The lowest BCUT2D eigenvalue weighted by atomic mass is 9.86. The van der Waals surface area contributed by atoms with Gasteiger partial charge in [0.15, 0.2) is 0 Å². The minimum atomic E-state index is -4.41. The maximum absolute atomic E-state index is 13.3. The fourth-order valence-electron chi connectivity index (χ4n) is 3.06. The SMILES string of the molecule is OC(CNCc1cccc(C(F)(F)F)c1)(c1ccccc1)c1ccc(F)cc1. The van der Waals surface area contributed by atoms with Gasteiger partial charge in [-0.05, 0) is 34.9 Å². The predicted octanol–water partition coefficient (Wildman–Crippen LogP) is 4.87. The van der Waals surface area contributed by atoms with Crippen molar-refractivity contribution in [2.45, 2.75) is 18.3 Å². The first-order chi connectivity index (χ1) is 13.3. The molecule has 1 unspecified atom stereocenters. The largest absolute Gasteiger partial charge is 0.416 e. The molecule has 0 bridgehead atoms. The first kappa shape index (κ1) is 20.0. The van der Waals surface area contributed by atoms with Crippen molar-refractivity contribution in [1.29, 1.82) is 0 Å². The zero-order valence-electron chi connectivity index (χ0n) is 14.9. The number of benzene rings is 3. The van der Waals surface area contributed by atoms with Gasteiger partial charge in [0.05, 0.1) is 5.56 Å². The summed E-state index contributed by atoms with van der Waals surface area (Å²) in [7, 11) is 0. The Morgan fingerprint density at radius 1 is 0.750 bits per heavy atom. The number of hydrogen-bond acceptors (Lipinski definition) is 2. The van der Waals surface area contributed by atoms with Gasteiger partial charge < -0.3 is 10.4 Å². The van der Waals surface area contributed by atoms with Gasteiger partial charge in [-0.3, -0.25) is 0 Å². The summed E-state index contributed by atoms with van der Waals surface area (Å²) < 4.78 is 51.9. The molecular weight excluding hydrogens is 370 g/mol. The highest BCUT2D eigenvalue weighted by Gasteiger charge is 2.32. The summed E-state index contributed by atoms with van der Waals surface area (Å²) in [5, 5.41) is 14.4. The Kier molecular flexibility index (Phi) is 5.82. The van der Waals surface area contributed by atoms with E-state index < -0.39 is 23.2 Å². The van der Waals surface area contributed by atoms with Gasteiger partial charge in [0.25, 0.3) is 0 Å². The number of alkyl halides is 3. The monoisotopic (exact) mass is 389 g/mol. The minimum Gasteiger partial charge on any atom is -0.379 e. The van der Waals surface area contributed by atoms with Crippen LogP contribution in [-0.2, 0) is 18.3 Å². The van der Waals surface area contributed by atoms with Crippen LogP contribution in [0.4, 0.5) is 17.6 Å². The maximum Gasteiger partial charge on any atom is 0.416 e. The predicted molar refractivity (Wildman–Crippen MR) is 99.0 cm³/mol. The normalized spacial score (nSPS) is 13.9. The van der Waals surface area contributed by atoms with Crippen LogP contribution >= 0.6 is 0 Å². The van der Waals surface area contributed by atoms with Crippen LogP contribution < -0.4 is 5.32 Å². The maximum atomic E-state index is 13.3. The average molecular weight is 389 g/mol. The van der Waals surface area contributed by atoms with Crippen LogP contribution in [0.3, 0.4) is 0 Å². The van der Waals surface area contributed by atoms with Crippen molar-refractivity contribution in [2.24, 2.45) is 0 Å². The van der Waals surface area contributed by atoms with Crippen LogP contribution in [0.1, 0.15) is 22.3 Å². The first-order valence-electron chi connectivity index (χ1n) is 8.70. The van der Waals surface area contributed by atoms with Crippen LogP contribution in [0.25, 0.3) is 0 Å². The number of rotatable bonds is 6. The van der Waals surface area contributed by atoms with Crippen molar-refractivity contribution < 1.29 is 22.7 Å². The molecule has 0 fully saturated rings. The molecular formula is C22H19F4NO. The molecule has 0 amide bonds. The molecule has 0 spiro atoms. The molecule has 146 valence electrons. The van der Waals surface area contributed by atoms with E-state index in [0.29, 0.717) is 16.7 Å². The van der Waals surface area contributed by atoms with Crippen LogP contribution in [0.2, 0.25) is 0 Å². The Morgan fingerprint density at radius 3 is 2.00 bits per heavy atom. The van der Waals surface area contributed by atoms with Gasteiger partial charge in [0, 0.05) is 13.1 Å².